The van der Waals surface area contributed by atoms with Crippen molar-refractivity contribution in [1.29, 1.82) is 0 Å². The molecule has 2 atom stereocenters. The van der Waals surface area contributed by atoms with Crippen LogP contribution in [-0.4, -0.2) is 65.9 Å². The summed E-state index contributed by atoms with van der Waals surface area (Å²) in [5.74, 6) is 0.402. The Hall–Kier alpha value is -2.91. The van der Waals surface area contributed by atoms with Gasteiger partial charge in [0, 0.05) is 59.4 Å². The van der Waals surface area contributed by atoms with Gasteiger partial charge in [-0.3, -0.25) is 9.59 Å². The normalized spacial score (nSPS) is 12.5. The zero-order chi connectivity index (χ0) is 30.3. The van der Waals surface area contributed by atoms with Crippen LogP contribution in [-0.2, 0) is 12.2 Å². The predicted molar refractivity (Wildman–Crippen MR) is 171 cm³/mol. The van der Waals surface area contributed by atoms with Gasteiger partial charge in [0.05, 0.1) is 12.1 Å². The molecule has 0 saturated heterocycles. The zero-order valence-electron chi connectivity index (χ0n) is 24.3. The van der Waals surface area contributed by atoms with E-state index >= 15 is 0 Å². The summed E-state index contributed by atoms with van der Waals surface area (Å²) in [5, 5.41) is 17.8. The van der Waals surface area contributed by atoms with Crippen LogP contribution in [0.1, 0.15) is 58.5 Å². The molecule has 0 aliphatic rings. The smallest absolute Gasteiger partial charge is 0.253 e. The molecular formula is C33H41ClFN3O3S. The van der Waals surface area contributed by atoms with Crippen molar-refractivity contribution in [3.63, 3.8) is 0 Å². The SMILES string of the molecule is CCCN(CCC)C(=O)c1cccc(C(=O)N[C@@H](Cc2ccccc2)[C@H](O)CNCCSCc2c(F)cccc2Cl)c1. The Morgan fingerprint density at radius 2 is 1.67 bits per heavy atom. The van der Waals surface area contributed by atoms with Crippen LogP contribution in [0.25, 0.3) is 0 Å². The number of nitrogens with zero attached hydrogens (tertiary/aromatic N) is 1. The van der Waals surface area contributed by atoms with Crippen molar-refractivity contribution >= 4 is 35.2 Å². The molecule has 0 heterocycles. The number of aliphatic hydroxyl groups is 1. The van der Waals surface area contributed by atoms with Crippen molar-refractivity contribution < 1.29 is 19.1 Å². The van der Waals surface area contributed by atoms with Gasteiger partial charge in [0.15, 0.2) is 0 Å². The van der Waals surface area contributed by atoms with Gasteiger partial charge >= 0.3 is 0 Å². The fraction of sp³-hybridized carbons (Fsp3) is 0.394. The molecule has 0 aliphatic heterocycles. The maximum atomic E-state index is 14.0. The summed E-state index contributed by atoms with van der Waals surface area (Å²) in [5.41, 5.74) is 2.32. The van der Waals surface area contributed by atoms with Gasteiger partial charge in [-0.15, -0.1) is 0 Å². The minimum absolute atomic E-state index is 0.0893. The molecule has 0 bridgehead atoms. The van der Waals surface area contributed by atoms with Crippen LogP contribution in [0.15, 0.2) is 72.8 Å². The van der Waals surface area contributed by atoms with E-state index in [0.717, 1.165) is 18.4 Å². The fourth-order valence-corrected chi connectivity index (χ4v) is 5.85. The van der Waals surface area contributed by atoms with Crippen LogP contribution < -0.4 is 10.6 Å². The summed E-state index contributed by atoms with van der Waals surface area (Å²) in [6, 6.07) is 20.5. The number of carbonyl (C=O) groups is 2. The second kappa shape index (κ2) is 17.9. The highest BCUT2D eigenvalue weighted by molar-refractivity contribution is 7.98. The summed E-state index contributed by atoms with van der Waals surface area (Å²) in [6.07, 6.45) is 1.29. The highest BCUT2D eigenvalue weighted by atomic mass is 35.5. The topological polar surface area (TPSA) is 81.7 Å². The molecule has 3 rings (SSSR count). The Kier molecular flexibility index (Phi) is 14.3. The maximum Gasteiger partial charge on any atom is 0.253 e. The predicted octanol–water partition coefficient (Wildman–Crippen LogP) is 5.97. The molecule has 0 fully saturated rings. The third-order valence-corrected chi connectivity index (χ3v) is 8.15. The van der Waals surface area contributed by atoms with Crippen LogP contribution in [0.4, 0.5) is 4.39 Å². The summed E-state index contributed by atoms with van der Waals surface area (Å²) in [6.45, 7) is 6.26. The maximum absolute atomic E-state index is 14.0. The first-order valence-corrected chi connectivity index (χ1v) is 16.0. The third kappa shape index (κ3) is 10.4. The number of nitrogens with one attached hydrogen (secondary N) is 2. The van der Waals surface area contributed by atoms with Gasteiger partial charge < -0.3 is 20.6 Å². The molecule has 6 nitrogen and oxygen atoms in total. The first-order valence-electron chi connectivity index (χ1n) is 14.5. The lowest BCUT2D eigenvalue weighted by Gasteiger charge is -2.25. The van der Waals surface area contributed by atoms with Gasteiger partial charge in [-0.05, 0) is 55.2 Å². The number of rotatable bonds is 17. The lowest BCUT2D eigenvalue weighted by molar-refractivity contribution is 0.0755. The Morgan fingerprint density at radius 1 is 0.976 bits per heavy atom. The lowest BCUT2D eigenvalue weighted by Crippen LogP contribution is -2.49. The fourth-order valence-electron chi connectivity index (χ4n) is 4.61. The monoisotopic (exact) mass is 613 g/mol. The van der Waals surface area contributed by atoms with Crippen LogP contribution in [0.3, 0.4) is 0 Å². The van der Waals surface area contributed by atoms with Gasteiger partial charge in [0.1, 0.15) is 5.82 Å². The molecule has 226 valence electrons. The summed E-state index contributed by atoms with van der Waals surface area (Å²) in [7, 11) is 0. The van der Waals surface area contributed by atoms with E-state index in [4.69, 9.17) is 11.6 Å². The van der Waals surface area contributed by atoms with Gasteiger partial charge in [0.2, 0.25) is 0 Å². The van der Waals surface area contributed by atoms with E-state index in [9.17, 15) is 19.1 Å². The summed E-state index contributed by atoms with van der Waals surface area (Å²) in [4.78, 5) is 28.2. The first kappa shape index (κ1) is 33.6. The number of hydrogen-bond acceptors (Lipinski definition) is 5. The highest BCUT2D eigenvalue weighted by Gasteiger charge is 2.23. The van der Waals surface area contributed by atoms with Gasteiger partial charge in [-0.1, -0.05) is 67.9 Å². The van der Waals surface area contributed by atoms with Gasteiger partial charge in [0.25, 0.3) is 11.8 Å². The van der Waals surface area contributed by atoms with Crippen molar-refractivity contribution in [2.24, 2.45) is 0 Å². The molecule has 0 aromatic heterocycles. The number of aliphatic hydroxyl groups excluding tert-OH is 1. The van der Waals surface area contributed by atoms with Crippen LogP contribution >= 0.6 is 23.4 Å². The molecule has 0 spiro atoms. The molecule has 0 saturated carbocycles. The molecule has 42 heavy (non-hydrogen) atoms. The number of benzene rings is 3. The Balaban J connectivity index is 1.60. The first-order chi connectivity index (χ1) is 20.3. The van der Waals surface area contributed by atoms with Crippen molar-refractivity contribution in [1.82, 2.24) is 15.5 Å². The van der Waals surface area contributed by atoms with Crippen LogP contribution in [0.2, 0.25) is 5.02 Å². The second-order valence-corrected chi connectivity index (χ2v) is 11.7. The number of halogens is 2. The van der Waals surface area contributed by atoms with E-state index in [1.807, 2.05) is 49.1 Å². The molecular weight excluding hydrogens is 573 g/mol. The van der Waals surface area contributed by atoms with E-state index < -0.39 is 12.1 Å². The molecule has 3 N–H and O–H groups in total. The number of carbonyl (C=O) groups excluding carboxylic acids is 2. The number of thioether (sulfide) groups is 1. The van der Waals surface area contributed by atoms with Crippen molar-refractivity contribution in [2.45, 2.75) is 51.0 Å². The van der Waals surface area contributed by atoms with Crippen molar-refractivity contribution in [2.75, 3.05) is 31.9 Å². The highest BCUT2D eigenvalue weighted by Crippen LogP contribution is 2.23. The van der Waals surface area contributed by atoms with Gasteiger partial charge in [-0.25, -0.2) is 4.39 Å². The van der Waals surface area contributed by atoms with E-state index in [-0.39, 0.29) is 24.2 Å². The third-order valence-electron chi connectivity index (χ3n) is 6.81. The lowest BCUT2D eigenvalue weighted by atomic mass is 10.00. The minimum atomic E-state index is -0.866. The van der Waals surface area contributed by atoms with Crippen molar-refractivity contribution in [3.05, 3.63) is 106 Å². The average molecular weight is 614 g/mol. The Morgan fingerprint density at radius 3 is 2.36 bits per heavy atom. The quantitative estimate of drug-likeness (QED) is 0.164. The van der Waals surface area contributed by atoms with E-state index in [1.165, 1.54) is 6.07 Å². The Bertz CT molecular complexity index is 1250. The number of hydrogen-bond donors (Lipinski definition) is 3. The van der Waals surface area contributed by atoms with Crippen LogP contribution in [0.5, 0.6) is 0 Å². The standard InChI is InChI=1S/C33H41ClFN3O3S/c1-3-17-38(18-4-2)33(41)26-13-8-12-25(21-26)32(40)37-30(20-24-10-6-5-7-11-24)31(39)22-36-16-19-42-23-27-28(34)14-9-15-29(27)35/h5-15,21,30-31,36,39H,3-4,16-20,22-23H2,1-2H3,(H,37,40)/t30-,31+/m0/s1. The Labute approximate surface area is 258 Å². The molecule has 0 radical (unpaired) electrons. The molecule has 0 aliphatic carbocycles. The molecule has 9 heteroatoms. The molecule has 3 aromatic carbocycles. The van der Waals surface area contributed by atoms with E-state index in [0.29, 0.717) is 59.3 Å². The van der Waals surface area contributed by atoms with Gasteiger partial charge in [-0.2, -0.15) is 11.8 Å². The largest absolute Gasteiger partial charge is 0.390 e. The minimum Gasteiger partial charge on any atom is -0.390 e. The second-order valence-electron chi connectivity index (χ2n) is 10.2. The zero-order valence-corrected chi connectivity index (χ0v) is 25.9. The molecule has 3 aromatic rings. The van der Waals surface area contributed by atoms with Crippen molar-refractivity contribution in [3.8, 4) is 0 Å². The van der Waals surface area contributed by atoms with Crippen LogP contribution in [0, 0.1) is 5.82 Å². The molecule has 0 unspecified atom stereocenters. The molecule has 2 amide bonds. The summed E-state index contributed by atoms with van der Waals surface area (Å²) >= 11 is 7.65. The number of amides is 2. The van der Waals surface area contributed by atoms with E-state index in [2.05, 4.69) is 10.6 Å². The van der Waals surface area contributed by atoms with E-state index in [1.54, 1.807) is 48.2 Å². The summed E-state index contributed by atoms with van der Waals surface area (Å²) < 4.78 is 14.0. The average Bonchev–Trinajstić information content (AvgIpc) is 2.99.